The number of rotatable bonds is 3. The molecule has 0 N–H and O–H groups in total. The van der Waals surface area contributed by atoms with Gasteiger partial charge in [-0.25, -0.2) is 0 Å². The van der Waals surface area contributed by atoms with Crippen LogP contribution in [0.1, 0.15) is 19.3 Å². The van der Waals surface area contributed by atoms with Crippen LogP contribution in [0.25, 0.3) is 0 Å². The standard InChI is InChI=1S/C15H15ClN2O3S/c16-10-1-2-12-11(9-10)17(7-8-22-12)15(21)5-6-18-13(19)3-4-14(18)20/h1-2,9H,3-8H2. The number of carbonyl (C=O) groups is 3. The Labute approximate surface area is 137 Å². The maximum absolute atomic E-state index is 12.5. The minimum Gasteiger partial charge on any atom is -0.310 e. The molecule has 0 unspecified atom stereocenters. The van der Waals surface area contributed by atoms with E-state index in [-0.39, 0.29) is 43.5 Å². The van der Waals surface area contributed by atoms with Crippen LogP contribution in [0.2, 0.25) is 5.02 Å². The molecule has 1 fully saturated rings. The van der Waals surface area contributed by atoms with Gasteiger partial charge in [-0.3, -0.25) is 19.3 Å². The summed E-state index contributed by atoms with van der Waals surface area (Å²) in [6.07, 6.45) is 0.658. The van der Waals surface area contributed by atoms with Gasteiger partial charge in [0.05, 0.1) is 5.69 Å². The zero-order chi connectivity index (χ0) is 15.7. The van der Waals surface area contributed by atoms with Crippen LogP contribution in [0.3, 0.4) is 0 Å². The fraction of sp³-hybridized carbons (Fsp3) is 0.400. The van der Waals surface area contributed by atoms with Gasteiger partial charge in [0, 0.05) is 48.0 Å². The first-order valence-corrected chi connectivity index (χ1v) is 8.48. The summed E-state index contributed by atoms with van der Waals surface area (Å²) < 4.78 is 0. The number of benzene rings is 1. The smallest absolute Gasteiger partial charge is 0.229 e. The molecular weight excluding hydrogens is 324 g/mol. The third-order valence-electron chi connectivity index (χ3n) is 3.79. The van der Waals surface area contributed by atoms with E-state index in [4.69, 9.17) is 11.6 Å². The van der Waals surface area contributed by atoms with E-state index in [1.165, 1.54) is 4.90 Å². The molecule has 0 spiro atoms. The van der Waals surface area contributed by atoms with Crippen LogP contribution in [0, 0.1) is 0 Å². The van der Waals surface area contributed by atoms with E-state index < -0.39 is 0 Å². The second kappa shape index (κ2) is 6.30. The highest BCUT2D eigenvalue weighted by molar-refractivity contribution is 7.99. The van der Waals surface area contributed by atoms with E-state index in [1.807, 2.05) is 12.1 Å². The molecule has 0 radical (unpaired) electrons. The molecule has 0 bridgehead atoms. The Hall–Kier alpha value is -1.53. The number of likely N-dealkylation sites (tertiary alicyclic amines) is 1. The number of carbonyl (C=O) groups excluding carboxylic acids is 3. The zero-order valence-corrected chi connectivity index (χ0v) is 13.5. The van der Waals surface area contributed by atoms with Crippen molar-refractivity contribution < 1.29 is 14.4 Å². The molecule has 22 heavy (non-hydrogen) atoms. The van der Waals surface area contributed by atoms with Crippen LogP contribution < -0.4 is 4.90 Å². The lowest BCUT2D eigenvalue weighted by atomic mass is 10.2. The number of nitrogens with zero attached hydrogens (tertiary/aromatic N) is 2. The van der Waals surface area contributed by atoms with Crippen molar-refractivity contribution in [3.8, 4) is 0 Å². The van der Waals surface area contributed by atoms with Gasteiger partial charge in [-0.05, 0) is 18.2 Å². The van der Waals surface area contributed by atoms with Crippen molar-refractivity contribution >= 4 is 46.8 Å². The second-order valence-electron chi connectivity index (χ2n) is 5.19. The van der Waals surface area contributed by atoms with Crippen molar-refractivity contribution in [2.45, 2.75) is 24.2 Å². The Morgan fingerprint density at radius 3 is 2.68 bits per heavy atom. The van der Waals surface area contributed by atoms with Crippen molar-refractivity contribution in [1.82, 2.24) is 4.90 Å². The summed E-state index contributed by atoms with van der Waals surface area (Å²) in [7, 11) is 0. The number of hydrogen-bond acceptors (Lipinski definition) is 4. The molecule has 1 aromatic carbocycles. The Morgan fingerprint density at radius 1 is 1.23 bits per heavy atom. The van der Waals surface area contributed by atoms with E-state index in [0.717, 1.165) is 16.3 Å². The molecule has 0 aliphatic carbocycles. The Kier molecular flexibility index (Phi) is 4.40. The van der Waals surface area contributed by atoms with Gasteiger partial charge < -0.3 is 4.90 Å². The molecule has 116 valence electrons. The maximum Gasteiger partial charge on any atom is 0.229 e. The number of halogens is 1. The van der Waals surface area contributed by atoms with Crippen LogP contribution in [-0.4, -0.2) is 41.5 Å². The molecule has 7 heteroatoms. The number of anilines is 1. The van der Waals surface area contributed by atoms with E-state index in [1.54, 1.807) is 22.7 Å². The molecule has 1 aromatic rings. The predicted molar refractivity (Wildman–Crippen MR) is 85.1 cm³/mol. The molecule has 3 amide bonds. The highest BCUT2D eigenvalue weighted by atomic mass is 35.5. The Balaban J connectivity index is 1.70. The monoisotopic (exact) mass is 338 g/mol. The van der Waals surface area contributed by atoms with Crippen molar-refractivity contribution in [2.75, 3.05) is 23.7 Å². The average Bonchev–Trinajstić information content (AvgIpc) is 2.83. The summed E-state index contributed by atoms with van der Waals surface area (Å²) in [6, 6.07) is 5.51. The summed E-state index contributed by atoms with van der Waals surface area (Å²) >= 11 is 7.71. The Bertz CT molecular complexity index is 634. The lowest BCUT2D eigenvalue weighted by Gasteiger charge is -2.29. The number of hydrogen-bond donors (Lipinski definition) is 0. The van der Waals surface area contributed by atoms with Crippen LogP contribution in [0.4, 0.5) is 5.69 Å². The molecule has 0 aromatic heterocycles. The molecule has 5 nitrogen and oxygen atoms in total. The number of fused-ring (bicyclic) bond motifs is 1. The largest absolute Gasteiger partial charge is 0.310 e. The summed E-state index contributed by atoms with van der Waals surface area (Å²) in [5.41, 5.74) is 0.813. The molecule has 1 saturated heterocycles. The molecule has 0 saturated carbocycles. The fourth-order valence-corrected chi connectivity index (χ4v) is 3.81. The van der Waals surface area contributed by atoms with Gasteiger partial charge >= 0.3 is 0 Å². The van der Waals surface area contributed by atoms with Gasteiger partial charge in [0.15, 0.2) is 0 Å². The summed E-state index contributed by atoms with van der Waals surface area (Å²) in [6.45, 7) is 0.773. The van der Waals surface area contributed by atoms with Crippen molar-refractivity contribution in [2.24, 2.45) is 0 Å². The first kappa shape index (κ1) is 15.4. The lowest BCUT2D eigenvalue weighted by Crippen LogP contribution is -2.39. The minimum atomic E-state index is -0.185. The predicted octanol–water partition coefficient (Wildman–Crippen LogP) is 2.32. The first-order chi connectivity index (χ1) is 10.6. The van der Waals surface area contributed by atoms with E-state index in [9.17, 15) is 14.4 Å². The van der Waals surface area contributed by atoms with E-state index in [2.05, 4.69) is 0 Å². The second-order valence-corrected chi connectivity index (χ2v) is 6.77. The minimum absolute atomic E-state index is 0.0867. The van der Waals surface area contributed by atoms with Crippen molar-refractivity contribution in [3.63, 3.8) is 0 Å². The Morgan fingerprint density at radius 2 is 1.95 bits per heavy atom. The third kappa shape index (κ3) is 2.98. The zero-order valence-electron chi connectivity index (χ0n) is 11.9. The van der Waals surface area contributed by atoms with Gasteiger partial charge in [-0.15, -0.1) is 11.8 Å². The van der Waals surface area contributed by atoms with Gasteiger partial charge in [-0.1, -0.05) is 11.6 Å². The fourth-order valence-electron chi connectivity index (χ4n) is 2.66. The normalized spacial score (nSPS) is 17.9. The van der Waals surface area contributed by atoms with E-state index >= 15 is 0 Å². The van der Waals surface area contributed by atoms with Gasteiger partial charge in [0.1, 0.15) is 0 Å². The van der Waals surface area contributed by atoms with Crippen molar-refractivity contribution in [1.29, 1.82) is 0 Å². The lowest BCUT2D eigenvalue weighted by molar-refractivity contribution is -0.138. The number of thioether (sulfide) groups is 1. The molecule has 2 aliphatic rings. The van der Waals surface area contributed by atoms with Gasteiger partial charge in [-0.2, -0.15) is 0 Å². The van der Waals surface area contributed by atoms with Gasteiger partial charge in [0.25, 0.3) is 0 Å². The quantitative estimate of drug-likeness (QED) is 0.794. The molecule has 3 rings (SSSR count). The topological polar surface area (TPSA) is 57.7 Å². The van der Waals surface area contributed by atoms with Crippen molar-refractivity contribution in [3.05, 3.63) is 23.2 Å². The number of imide groups is 1. The summed E-state index contributed by atoms with van der Waals surface area (Å²) in [5, 5.41) is 0.587. The maximum atomic E-state index is 12.5. The van der Waals surface area contributed by atoms with Crippen LogP contribution in [0.15, 0.2) is 23.1 Å². The highest BCUT2D eigenvalue weighted by Crippen LogP contribution is 2.36. The molecule has 0 atom stereocenters. The number of amides is 3. The SMILES string of the molecule is O=C1CCC(=O)N1CCC(=O)N1CCSc2ccc(Cl)cc21. The molecular formula is C15H15ClN2O3S. The third-order valence-corrected chi connectivity index (χ3v) is 5.07. The molecule has 2 heterocycles. The molecule has 2 aliphatic heterocycles. The van der Waals surface area contributed by atoms with Crippen LogP contribution in [-0.2, 0) is 14.4 Å². The first-order valence-electron chi connectivity index (χ1n) is 7.12. The summed E-state index contributed by atoms with van der Waals surface area (Å²) in [5.74, 6) is 0.365. The van der Waals surface area contributed by atoms with E-state index in [0.29, 0.717) is 11.6 Å². The average molecular weight is 339 g/mol. The van der Waals surface area contributed by atoms with Gasteiger partial charge in [0.2, 0.25) is 17.7 Å². The highest BCUT2D eigenvalue weighted by Gasteiger charge is 2.30. The van der Waals surface area contributed by atoms with Crippen LogP contribution in [0.5, 0.6) is 0 Å². The van der Waals surface area contributed by atoms with Crippen LogP contribution >= 0.6 is 23.4 Å². The summed E-state index contributed by atoms with van der Waals surface area (Å²) in [4.78, 5) is 39.5.